The third-order valence-corrected chi connectivity index (χ3v) is 17.1. The lowest BCUT2D eigenvalue weighted by atomic mass is 9.46. The maximum absolute atomic E-state index is 14.4. The van der Waals surface area contributed by atoms with Crippen molar-refractivity contribution in [2.24, 2.45) is 28.1 Å². The molecule has 3 aliphatic rings. The molecule has 4 nitrogen and oxygen atoms in total. The first kappa shape index (κ1) is 29.6. The van der Waals surface area contributed by atoms with Gasteiger partial charge in [-0.05, 0) is 60.2 Å². The van der Waals surface area contributed by atoms with Crippen LogP contribution in [-0.4, -0.2) is 34.1 Å². The summed E-state index contributed by atoms with van der Waals surface area (Å²) in [5.41, 5.74) is 1.77. The molecule has 0 aromatic rings. The molecule has 0 N–H and O–H groups in total. The molecule has 0 heterocycles. The Morgan fingerprint density at radius 2 is 1.64 bits per heavy atom. The zero-order valence-corrected chi connectivity index (χ0v) is 26.1. The van der Waals surface area contributed by atoms with Crippen LogP contribution in [0, 0.1) is 28.1 Å². The van der Waals surface area contributed by atoms with Gasteiger partial charge < -0.3 is 13.9 Å². The predicted octanol–water partition coefficient (Wildman–Crippen LogP) is 8.44. The van der Waals surface area contributed by atoms with Crippen LogP contribution in [0.1, 0.15) is 101 Å². The van der Waals surface area contributed by atoms with Crippen LogP contribution in [0.2, 0.25) is 16.6 Å². The number of methoxy groups -OCH3 is 1. The Labute approximate surface area is 222 Å². The standard InChI is InChI=1S/C31H54O4Si/c1-13-29(10)18-26(32)30(11)23(8)14-16-31(24(9)28(29)34-19-33-12)17-15-25(27(30)31)35-36(20(2)3,21(4)5)22(6)7/h13,20-24,28H,1,14-19H2,2-12H3/t23-,24+,28+,29+,30+,31+/m1/s1. The van der Waals surface area contributed by atoms with Gasteiger partial charge in [0.15, 0.2) is 0 Å². The summed E-state index contributed by atoms with van der Waals surface area (Å²) in [5, 5.41) is 0. The van der Waals surface area contributed by atoms with Gasteiger partial charge in [0, 0.05) is 30.8 Å². The summed E-state index contributed by atoms with van der Waals surface area (Å²) in [6.07, 6.45) is 6.37. The van der Waals surface area contributed by atoms with E-state index in [1.165, 1.54) is 11.3 Å². The highest BCUT2D eigenvalue weighted by molar-refractivity contribution is 6.77. The van der Waals surface area contributed by atoms with Gasteiger partial charge >= 0.3 is 0 Å². The molecule has 36 heavy (non-hydrogen) atoms. The Bertz CT molecular complexity index is 854. The molecule has 0 aliphatic heterocycles. The molecule has 6 atom stereocenters. The second-order valence-corrected chi connectivity index (χ2v) is 19.0. The summed E-state index contributed by atoms with van der Waals surface area (Å²) < 4.78 is 19.3. The molecule has 3 rings (SSSR count). The summed E-state index contributed by atoms with van der Waals surface area (Å²) in [7, 11) is -0.489. The third kappa shape index (κ3) is 4.20. The van der Waals surface area contributed by atoms with Gasteiger partial charge in [-0.25, -0.2) is 0 Å². The van der Waals surface area contributed by atoms with E-state index in [2.05, 4.69) is 75.8 Å². The van der Waals surface area contributed by atoms with Crippen LogP contribution in [0.5, 0.6) is 0 Å². The van der Waals surface area contributed by atoms with Crippen molar-refractivity contribution in [3.05, 3.63) is 24.0 Å². The van der Waals surface area contributed by atoms with E-state index in [-0.39, 0.29) is 30.1 Å². The summed E-state index contributed by atoms with van der Waals surface area (Å²) in [6, 6.07) is 0. The molecule has 5 heteroatoms. The molecule has 0 saturated heterocycles. The maximum Gasteiger partial charge on any atom is 0.258 e. The highest BCUT2D eigenvalue weighted by Gasteiger charge is 2.64. The Morgan fingerprint density at radius 1 is 1.06 bits per heavy atom. The number of hydrogen-bond donors (Lipinski definition) is 0. The number of Topliss-reactive ketones (excluding diaryl/α,β-unsaturated/α-hetero) is 1. The molecular formula is C31H54O4Si. The lowest BCUT2D eigenvalue weighted by molar-refractivity contribution is -0.165. The quantitative estimate of drug-likeness (QED) is 0.174. The van der Waals surface area contributed by atoms with Crippen molar-refractivity contribution in [3.63, 3.8) is 0 Å². The Hall–Kier alpha value is -0.913. The second-order valence-electron chi connectivity index (χ2n) is 13.6. The van der Waals surface area contributed by atoms with E-state index < -0.39 is 19.1 Å². The van der Waals surface area contributed by atoms with E-state index in [0.29, 0.717) is 28.8 Å². The number of carbonyl (C=O) groups is 1. The van der Waals surface area contributed by atoms with Crippen LogP contribution in [0.25, 0.3) is 0 Å². The van der Waals surface area contributed by atoms with Crippen LogP contribution < -0.4 is 0 Å². The number of ketones is 1. The topological polar surface area (TPSA) is 44.8 Å². The fourth-order valence-electron chi connectivity index (χ4n) is 8.85. The third-order valence-electron chi connectivity index (χ3n) is 11.0. The fraction of sp³-hybridized carbons (Fsp3) is 0.839. The van der Waals surface area contributed by atoms with Crippen LogP contribution in [0.4, 0.5) is 0 Å². The van der Waals surface area contributed by atoms with Gasteiger partial charge in [0.1, 0.15) is 12.6 Å². The SMILES string of the molecule is C=C[C@@]1(C)CC(=O)[C@@]2(C)C3=C(O[Si](C(C)C)(C(C)C)C(C)C)CC[C@@]3(CC[C@H]2C)[C@@H](C)[C@@H]1OCOC. The molecule has 0 aromatic heterocycles. The molecule has 0 aromatic carbocycles. The van der Waals surface area contributed by atoms with Crippen molar-refractivity contribution in [1.29, 1.82) is 0 Å². The van der Waals surface area contributed by atoms with Crippen molar-refractivity contribution in [2.75, 3.05) is 13.9 Å². The van der Waals surface area contributed by atoms with Crippen molar-refractivity contribution < 1.29 is 18.7 Å². The summed E-state index contributed by atoms with van der Waals surface area (Å²) in [5.74, 6) is 2.00. The van der Waals surface area contributed by atoms with Crippen LogP contribution in [0.3, 0.4) is 0 Å². The molecule has 0 amide bonds. The zero-order chi connectivity index (χ0) is 27.3. The van der Waals surface area contributed by atoms with E-state index >= 15 is 0 Å². The van der Waals surface area contributed by atoms with Crippen molar-refractivity contribution >= 4 is 14.1 Å². The molecule has 206 valence electrons. The predicted molar refractivity (Wildman–Crippen MR) is 151 cm³/mol. The highest BCUT2D eigenvalue weighted by Crippen LogP contribution is 2.68. The van der Waals surface area contributed by atoms with Gasteiger partial charge in [0.25, 0.3) is 8.32 Å². The highest BCUT2D eigenvalue weighted by atomic mass is 28.4. The van der Waals surface area contributed by atoms with E-state index in [9.17, 15) is 4.79 Å². The molecule has 0 radical (unpaired) electrons. The van der Waals surface area contributed by atoms with Gasteiger partial charge in [0.2, 0.25) is 0 Å². The number of carbonyl (C=O) groups excluding carboxylic acids is 1. The summed E-state index contributed by atoms with van der Waals surface area (Å²) in [6.45, 7) is 27.6. The Morgan fingerprint density at radius 3 is 2.14 bits per heavy atom. The minimum absolute atomic E-state index is 0.0968. The molecule has 3 aliphatic carbocycles. The normalized spacial score (nSPS) is 37.4. The second kappa shape index (κ2) is 10.3. The van der Waals surface area contributed by atoms with E-state index in [0.717, 1.165) is 25.7 Å². The average Bonchev–Trinajstić information content (AvgIpc) is 3.18. The number of hydrogen-bond acceptors (Lipinski definition) is 4. The van der Waals surface area contributed by atoms with Gasteiger partial charge in [-0.15, -0.1) is 6.58 Å². The monoisotopic (exact) mass is 518 g/mol. The molecule has 2 fully saturated rings. The molecule has 2 saturated carbocycles. The number of ether oxygens (including phenoxy) is 2. The van der Waals surface area contributed by atoms with Gasteiger partial charge in [-0.1, -0.05) is 68.4 Å². The van der Waals surface area contributed by atoms with E-state index in [1.807, 2.05) is 6.08 Å². The number of rotatable bonds is 9. The fourth-order valence-corrected chi connectivity index (χ4v) is 14.2. The lowest BCUT2D eigenvalue weighted by Crippen LogP contribution is -2.57. The Kier molecular flexibility index (Phi) is 8.51. The molecule has 0 unspecified atom stereocenters. The molecule has 2 bridgehead atoms. The summed E-state index contributed by atoms with van der Waals surface area (Å²) >= 11 is 0. The molecular weight excluding hydrogens is 464 g/mol. The largest absolute Gasteiger partial charge is 0.546 e. The van der Waals surface area contributed by atoms with E-state index in [1.54, 1.807) is 7.11 Å². The van der Waals surface area contributed by atoms with Crippen LogP contribution in [0.15, 0.2) is 24.0 Å². The average molecular weight is 519 g/mol. The first-order valence-corrected chi connectivity index (χ1v) is 16.5. The van der Waals surface area contributed by atoms with Gasteiger partial charge in [0.05, 0.1) is 17.3 Å². The maximum atomic E-state index is 14.4. The van der Waals surface area contributed by atoms with Crippen LogP contribution >= 0.6 is 0 Å². The van der Waals surface area contributed by atoms with Crippen molar-refractivity contribution in [2.45, 2.75) is 124 Å². The first-order valence-electron chi connectivity index (χ1n) is 14.4. The number of allylic oxidation sites excluding steroid dienone is 2. The lowest BCUT2D eigenvalue weighted by Gasteiger charge is -2.58. The minimum atomic E-state index is -2.16. The minimum Gasteiger partial charge on any atom is -0.546 e. The smallest absolute Gasteiger partial charge is 0.258 e. The van der Waals surface area contributed by atoms with Crippen molar-refractivity contribution in [3.8, 4) is 0 Å². The van der Waals surface area contributed by atoms with Crippen LogP contribution in [-0.2, 0) is 18.7 Å². The van der Waals surface area contributed by atoms with Crippen molar-refractivity contribution in [1.82, 2.24) is 0 Å². The summed E-state index contributed by atoms with van der Waals surface area (Å²) in [4.78, 5) is 14.4. The van der Waals surface area contributed by atoms with E-state index in [4.69, 9.17) is 13.9 Å². The first-order chi connectivity index (χ1) is 16.7. The zero-order valence-electron chi connectivity index (χ0n) is 25.1. The van der Waals surface area contributed by atoms with Gasteiger partial charge in [-0.3, -0.25) is 4.79 Å². The molecule has 0 spiro atoms. The van der Waals surface area contributed by atoms with Gasteiger partial charge in [-0.2, -0.15) is 0 Å². The Balaban J connectivity index is 2.30.